The van der Waals surface area contributed by atoms with Crippen LogP contribution in [0.5, 0.6) is 0 Å². The van der Waals surface area contributed by atoms with Crippen molar-refractivity contribution >= 4 is 30.2 Å². The Morgan fingerprint density at radius 2 is 2.09 bits per heavy atom. The van der Waals surface area contributed by atoms with Gasteiger partial charge in [-0.15, -0.1) is 0 Å². The molecule has 0 aromatic carbocycles. The highest BCUT2D eigenvalue weighted by Crippen LogP contribution is 2.15. The highest BCUT2D eigenvalue weighted by atomic mass is 32.1. The average Bonchev–Trinajstić information content (AvgIpc) is 2.50. The molecule has 6 nitrogen and oxygen atoms in total. The van der Waals surface area contributed by atoms with E-state index in [1.165, 1.54) is 17.1 Å². The Balaban J connectivity index is 0.000000546. The van der Waals surface area contributed by atoms with E-state index in [-0.39, 0.29) is 24.7 Å². The molecule has 2 aromatic heterocycles. The van der Waals surface area contributed by atoms with Gasteiger partial charge in [0.2, 0.25) is 0 Å². The van der Waals surface area contributed by atoms with Crippen molar-refractivity contribution in [2.45, 2.75) is 20.3 Å². The van der Waals surface area contributed by atoms with E-state index in [1.54, 1.807) is 19.2 Å². The molecule has 2 rings (SSSR count). The number of fused-ring (bicyclic) bond motifs is 1. The van der Waals surface area contributed by atoms with E-state index in [4.69, 9.17) is 11.0 Å². The molecule has 120 valence electrons. The lowest BCUT2D eigenvalue weighted by molar-refractivity contribution is 0.703. The van der Waals surface area contributed by atoms with Gasteiger partial charge < -0.3 is 15.6 Å². The maximum absolute atomic E-state index is 11.4. The normalized spacial score (nSPS) is 9.36. The van der Waals surface area contributed by atoms with Gasteiger partial charge in [0.1, 0.15) is 17.3 Å². The zero-order valence-corrected chi connectivity index (χ0v) is 14.2. The van der Waals surface area contributed by atoms with Crippen LogP contribution in [0.2, 0.25) is 0 Å². The van der Waals surface area contributed by atoms with Crippen molar-refractivity contribution in [2.75, 3.05) is 18.8 Å². The van der Waals surface area contributed by atoms with Crippen LogP contribution in [0.15, 0.2) is 23.0 Å². The first-order valence-electron chi connectivity index (χ1n) is 6.92. The van der Waals surface area contributed by atoms with Crippen LogP contribution in [0.3, 0.4) is 0 Å². The van der Waals surface area contributed by atoms with Gasteiger partial charge in [-0.25, -0.2) is 4.98 Å². The summed E-state index contributed by atoms with van der Waals surface area (Å²) in [5.41, 5.74) is 7.16. The fourth-order valence-corrected chi connectivity index (χ4v) is 1.77. The van der Waals surface area contributed by atoms with Gasteiger partial charge in [-0.1, -0.05) is 13.8 Å². The van der Waals surface area contributed by atoms with Gasteiger partial charge in [-0.05, 0) is 31.6 Å². The number of hydrogen-bond donors (Lipinski definition) is 2. The molecule has 0 saturated carbocycles. The largest absolute Gasteiger partial charge is 0.397 e. The van der Waals surface area contributed by atoms with Crippen LogP contribution in [0.4, 0.5) is 5.69 Å². The third kappa shape index (κ3) is 5.06. The van der Waals surface area contributed by atoms with Crippen molar-refractivity contribution in [1.82, 2.24) is 14.9 Å². The molecule has 0 atom stereocenters. The van der Waals surface area contributed by atoms with Gasteiger partial charge >= 0.3 is 0 Å². The predicted octanol–water partition coefficient (Wildman–Crippen LogP) is 1.51. The van der Waals surface area contributed by atoms with E-state index in [2.05, 4.69) is 24.1 Å². The van der Waals surface area contributed by atoms with Crippen molar-refractivity contribution in [3.63, 3.8) is 0 Å². The third-order valence-corrected chi connectivity index (χ3v) is 2.91. The number of nitrogens with one attached hydrogen (secondary N) is 1. The lowest BCUT2D eigenvalue weighted by atomic mass is 10.2. The Hall–Kier alpha value is -2.04. The van der Waals surface area contributed by atoms with Crippen LogP contribution in [0.25, 0.3) is 11.0 Å². The maximum Gasteiger partial charge on any atom is 0.252 e. The van der Waals surface area contributed by atoms with Crippen LogP contribution in [-0.2, 0) is 7.05 Å². The number of aryl methyl sites for hydroxylation is 1. The summed E-state index contributed by atoms with van der Waals surface area (Å²) in [6, 6.07) is 6.45. The van der Waals surface area contributed by atoms with E-state index < -0.39 is 0 Å². The Morgan fingerprint density at radius 1 is 1.41 bits per heavy atom. The molecule has 3 N–H and O–H groups in total. The SMILES string of the molecule is CCCNCC.Cn1c(=O)cc(N)c2nc(C#N)ccc21.S. The van der Waals surface area contributed by atoms with E-state index in [1.807, 2.05) is 6.07 Å². The van der Waals surface area contributed by atoms with E-state index in [9.17, 15) is 4.79 Å². The number of rotatable bonds is 3. The number of nitrogen functional groups attached to an aromatic ring is 1. The van der Waals surface area contributed by atoms with E-state index in [0.717, 1.165) is 13.1 Å². The summed E-state index contributed by atoms with van der Waals surface area (Å²) in [6.45, 7) is 6.56. The summed E-state index contributed by atoms with van der Waals surface area (Å²) in [6.07, 6.45) is 1.24. The van der Waals surface area contributed by atoms with Gasteiger partial charge in [-0.2, -0.15) is 18.8 Å². The minimum absolute atomic E-state index is 0. The van der Waals surface area contributed by atoms with Crippen LogP contribution in [0.1, 0.15) is 26.0 Å². The number of aromatic nitrogens is 2. The molecule has 22 heavy (non-hydrogen) atoms. The fraction of sp³-hybridized carbons (Fsp3) is 0.400. The molecular weight excluding hydrogens is 298 g/mol. The molecule has 0 aliphatic heterocycles. The first kappa shape index (κ1) is 20.0. The second-order valence-corrected chi connectivity index (χ2v) is 4.53. The number of anilines is 1. The molecular formula is C15H23N5OS. The summed E-state index contributed by atoms with van der Waals surface area (Å²) in [5.74, 6) is 0. The second-order valence-electron chi connectivity index (χ2n) is 4.53. The highest BCUT2D eigenvalue weighted by Gasteiger charge is 2.06. The van der Waals surface area contributed by atoms with E-state index >= 15 is 0 Å². The first-order chi connectivity index (χ1) is 10.0. The standard InChI is InChI=1S/C10H8N4O.C5H13N.H2S/c1-14-8-3-2-6(5-11)13-10(8)7(12)4-9(14)15;1-3-5-6-4-2;/h2-4H,12H2,1H3;6H,3-5H2,1-2H3;1H2. The maximum atomic E-state index is 11.4. The van der Waals surface area contributed by atoms with Gasteiger partial charge in [0, 0.05) is 13.1 Å². The minimum atomic E-state index is -0.188. The zero-order valence-electron chi connectivity index (χ0n) is 13.2. The lowest BCUT2D eigenvalue weighted by Crippen LogP contribution is -2.17. The third-order valence-electron chi connectivity index (χ3n) is 2.91. The fourth-order valence-electron chi connectivity index (χ4n) is 1.77. The van der Waals surface area contributed by atoms with Crippen molar-refractivity contribution in [1.29, 1.82) is 5.26 Å². The zero-order chi connectivity index (χ0) is 15.8. The summed E-state index contributed by atoms with van der Waals surface area (Å²) in [5, 5.41) is 11.9. The Kier molecular flexibility index (Phi) is 8.91. The molecule has 0 fully saturated rings. The van der Waals surface area contributed by atoms with Crippen molar-refractivity contribution < 1.29 is 0 Å². The van der Waals surface area contributed by atoms with Gasteiger partial charge in [-0.3, -0.25) is 4.79 Å². The number of pyridine rings is 2. The number of nitriles is 1. The number of nitrogens with zero attached hydrogens (tertiary/aromatic N) is 3. The van der Waals surface area contributed by atoms with E-state index in [0.29, 0.717) is 16.7 Å². The molecule has 0 aliphatic rings. The monoisotopic (exact) mass is 321 g/mol. The smallest absolute Gasteiger partial charge is 0.252 e. The molecule has 0 amide bonds. The second kappa shape index (κ2) is 9.82. The topological polar surface area (TPSA) is 96.7 Å². The van der Waals surface area contributed by atoms with Gasteiger partial charge in [0.05, 0.1) is 11.2 Å². The quantitative estimate of drug-likeness (QED) is 0.835. The molecule has 0 aliphatic carbocycles. The summed E-state index contributed by atoms with van der Waals surface area (Å²) < 4.78 is 1.44. The lowest BCUT2D eigenvalue weighted by Gasteiger charge is -2.05. The molecule has 2 aromatic rings. The molecule has 7 heteroatoms. The minimum Gasteiger partial charge on any atom is -0.397 e. The van der Waals surface area contributed by atoms with Crippen molar-refractivity contribution in [2.24, 2.45) is 7.05 Å². The molecule has 0 spiro atoms. The van der Waals surface area contributed by atoms with Gasteiger partial charge in [0.15, 0.2) is 0 Å². The summed E-state index contributed by atoms with van der Waals surface area (Å²) in [7, 11) is 1.64. The van der Waals surface area contributed by atoms with Crippen molar-refractivity contribution in [3.8, 4) is 6.07 Å². The van der Waals surface area contributed by atoms with Crippen LogP contribution < -0.4 is 16.6 Å². The highest BCUT2D eigenvalue weighted by molar-refractivity contribution is 7.59. The molecule has 2 heterocycles. The Morgan fingerprint density at radius 3 is 2.59 bits per heavy atom. The molecule has 0 unspecified atom stereocenters. The number of nitrogens with two attached hydrogens (primary N) is 1. The first-order valence-corrected chi connectivity index (χ1v) is 6.92. The summed E-state index contributed by atoms with van der Waals surface area (Å²) >= 11 is 0. The van der Waals surface area contributed by atoms with Crippen LogP contribution in [0, 0.1) is 11.3 Å². The summed E-state index contributed by atoms with van der Waals surface area (Å²) in [4.78, 5) is 15.4. The Bertz CT molecular complexity index is 701. The average molecular weight is 321 g/mol. The molecule has 0 bridgehead atoms. The van der Waals surface area contributed by atoms with Gasteiger partial charge in [0.25, 0.3) is 5.56 Å². The molecule has 0 radical (unpaired) electrons. The number of hydrogen-bond acceptors (Lipinski definition) is 5. The van der Waals surface area contributed by atoms with Crippen molar-refractivity contribution in [3.05, 3.63) is 34.2 Å². The van der Waals surface area contributed by atoms with Crippen LogP contribution >= 0.6 is 13.5 Å². The predicted molar refractivity (Wildman–Crippen MR) is 95.3 cm³/mol. The molecule has 0 saturated heterocycles. The Labute approximate surface area is 137 Å². The van der Waals surface area contributed by atoms with Crippen LogP contribution in [-0.4, -0.2) is 22.6 Å².